The van der Waals surface area contributed by atoms with Crippen LogP contribution in [0.15, 0.2) is 47.3 Å². The lowest BCUT2D eigenvalue weighted by Gasteiger charge is -2.27. The molecule has 1 aliphatic carbocycles. The molecule has 12 heteroatoms. The summed E-state index contributed by atoms with van der Waals surface area (Å²) in [5, 5.41) is 11.2. The van der Waals surface area contributed by atoms with Gasteiger partial charge in [0.1, 0.15) is 28.8 Å². The van der Waals surface area contributed by atoms with E-state index in [4.69, 9.17) is 0 Å². The summed E-state index contributed by atoms with van der Waals surface area (Å²) in [6.07, 6.45) is 7.87. The fourth-order valence-electron chi connectivity index (χ4n) is 6.25. The fourth-order valence-corrected chi connectivity index (χ4v) is 6.56. The van der Waals surface area contributed by atoms with E-state index in [1.807, 2.05) is 44.2 Å². The fraction of sp³-hybridized carbons (Fsp3) is 0.424. The summed E-state index contributed by atoms with van der Waals surface area (Å²) in [7, 11) is 0. The number of benzene rings is 1. The first kappa shape index (κ1) is 30.8. The number of piperidine rings is 1. The summed E-state index contributed by atoms with van der Waals surface area (Å²) in [6.45, 7) is 8.38. The molecule has 0 radical (unpaired) electrons. The number of amides is 3. The van der Waals surface area contributed by atoms with Crippen molar-refractivity contribution in [2.45, 2.75) is 78.4 Å². The van der Waals surface area contributed by atoms with E-state index in [2.05, 4.69) is 60.5 Å². The number of hydrogen-bond donors (Lipinski definition) is 2. The number of pyridine rings is 1. The number of fused-ring (bicyclic) bond motifs is 2. The molecule has 3 amide bonds. The Kier molecular flexibility index (Phi) is 8.43. The number of carbonyl (C=O) groups is 3. The van der Waals surface area contributed by atoms with Gasteiger partial charge < -0.3 is 15.5 Å². The minimum absolute atomic E-state index is 0.0198. The predicted octanol–water partition coefficient (Wildman–Crippen LogP) is 5.21. The van der Waals surface area contributed by atoms with Crippen LogP contribution < -0.4 is 10.6 Å². The predicted molar refractivity (Wildman–Crippen MR) is 174 cm³/mol. The Labute approximate surface area is 270 Å². The van der Waals surface area contributed by atoms with Gasteiger partial charge in [-0.1, -0.05) is 38.8 Å². The maximum atomic E-state index is 14.0. The molecule has 1 saturated carbocycles. The van der Waals surface area contributed by atoms with Gasteiger partial charge in [0.15, 0.2) is 5.69 Å². The number of aromatic nitrogens is 5. The third kappa shape index (κ3) is 6.20. The van der Waals surface area contributed by atoms with Crippen molar-refractivity contribution in [3.05, 3.63) is 64.4 Å². The third-order valence-electron chi connectivity index (χ3n) is 8.96. The van der Waals surface area contributed by atoms with Crippen LogP contribution in [0.4, 0.5) is 5.82 Å². The summed E-state index contributed by atoms with van der Waals surface area (Å²) >= 11 is 3.37. The Balaban J connectivity index is 1.29. The van der Waals surface area contributed by atoms with Crippen molar-refractivity contribution in [2.24, 2.45) is 5.41 Å². The maximum absolute atomic E-state index is 14.0. The van der Waals surface area contributed by atoms with Crippen molar-refractivity contribution in [3.63, 3.8) is 0 Å². The van der Waals surface area contributed by atoms with Crippen molar-refractivity contribution in [3.8, 4) is 11.1 Å². The molecule has 0 unspecified atom stereocenters. The highest BCUT2D eigenvalue weighted by atomic mass is 79.9. The monoisotopic (exact) mass is 672 g/mol. The van der Waals surface area contributed by atoms with Crippen LogP contribution in [0.3, 0.4) is 0 Å². The van der Waals surface area contributed by atoms with Gasteiger partial charge in [-0.15, -0.1) is 0 Å². The molecule has 1 saturated heterocycles. The standard InChI is InChI=1S/C33H37BrN8O3/c1-5-6-7-12-35-32(45)29-23-13-21(22-16-36-20(3)37-17-22)9-10-24(23)41(40-29)18-28(43)42-25(14-33(4)15-26(33)42)31(44)39-30-19(2)8-11-27(34)38-30/h8-11,13,16-17,25-26H,5-7,12,14-15,18H2,1-4H3,(H,35,45)(H,38,39,44)/t25-,26+,33-/m0/s1. The largest absolute Gasteiger partial charge is 0.351 e. The molecule has 0 bridgehead atoms. The zero-order valence-corrected chi connectivity index (χ0v) is 27.5. The minimum Gasteiger partial charge on any atom is -0.351 e. The lowest BCUT2D eigenvalue weighted by Crippen LogP contribution is -2.47. The molecule has 4 aromatic rings. The molecular formula is C33H37BrN8O3. The zero-order valence-electron chi connectivity index (χ0n) is 25.9. The first-order chi connectivity index (χ1) is 21.6. The summed E-state index contributed by atoms with van der Waals surface area (Å²) in [4.78, 5) is 55.7. The summed E-state index contributed by atoms with van der Waals surface area (Å²) in [5.41, 5.74) is 3.31. The lowest BCUT2D eigenvalue weighted by atomic mass is 10.0. The molecule has 45 heavy (non-hydrogen) atoms. The van der Waals surface area contributed by atoms with Crippen molar-refractivity contribution in [1.82, 2.24) is 34.9 Å². The normalized spacial score (nSPS) is 20.2. The van der Waals surface area contributed by atoms with Crippen molar-refractivity contribution in [1.29, 1.82) is 0 Å². The molecule has 2 aliphatic rings. The number of halogens is 1. The van der Waals surface area contributed by atoms with Crippen molar-refractivity contribution >= 4 is 50.4 Å². The Morgan fingerprint density at radius 3 is 2.58 bits per heavy atom. The van der Waals surface area contributed by atoms with E-state index >= 15 is 0 Å². The summed E-state index contributed by atoms with van der Waals surface area (Å²) in [6, 6.07) is 8.73. The number of rotatable bonds is 10. The third-order valence-corrected chi connectivity index (χ3v) is 9.40. The zero-order chi connectivity index (χ0) is 31.9. The SMILES string of the molecule is CCCCCNC(=O)c1nn(CC(=O)N2[C@H](C(=O)Nc3nc(Br)ccc3C)C[C@@]3(C)C[C@@H]23)c2ccc(-c3cnc(C)nc3)cc12. The molecule has 1 aromatic carbocycles. The molecule has 1 aliphatic heterocycles. The summed E-state index contributed by atoms with van der Waals surface area (Å²) in [5.74, 6) is 0.380. The quantitative estimate of drug-likeness (QED) is 0.175. The second-order valence-corrected chi connectivity index (χ2v) is 13.2. The van der Waals surface area contributed by atoms with E-state index in [1.54, 1.807) is 22.0 Å². The second-order valence-electron chi connectivity index (χ2n) is 12.4. The van der Waals surface area contributed by atoms with Crippen molar-refractivity contribution in [2.75, 3.05) is 11.9 Å². The van der Waals surface area contributed by atoms with Gasteiger partial charge in [0.25, 0.3) is 5.91 Å². The number of likely N-dealkylation sites (tertiary alicyclic amines) is 1. The molecule has 0 spiro atoms. The molecule has 4 heterocycles. The molecule has 3 atom stereocenters. The smallest absolute Gasteiger partial charge is 0.272 e. The average Bonchev–Trinajstić information content (AvgIpc) is 3.39. The minimum atomic E-state index is -0.627. The topological polar surface area (TPSA) is 135 Å². The Morgan fingerprint density at radius 1 is 1.04 bits per heavy atom. The number of aryl methyl sites for hydroxylation is 2. The summed E-state index contributed by atoms with van der Waals surface area (Å²) < 4.78 is 2.20. The molecular weight excluding hydrogens is 636 g/mol. The van der Waals surface area contributed by atoms with E-state index in [9.17, 15) is 14.4 Å². The Bertz CT molecular complexity index is 1790. The van der Waals surface area contributed by atoms with E-state index in [-0.39, 0.29) is 41.4 Å². The van der Waals surface area contributed by atoms with Crippen LogP contribution in [0.1, 0.15) is 67.8 Å². The van der Waals surface area contributed by atoms with Gasteiger partial charge in [0.2, 0.25) is 11.8 Å². The number of nitrogens with one attached hydrogen (secondary N) is 2. The highest BCUT2D eigenvalue weighted by Gasteiger charge is 2.64. The van der Waals surface area contributed by atoms with Crippen LogP contribution in [-0.2, 0) is 16.1 Å². The van der Waals surface area contributed by atoms with Gasteiger partial charge in [-0.25, -0.2) is 15.0 Å². The van der Waals surface area contributed by atoms with E-state index in [0.29, 0.717) is 40.1 Å². The Morgan fingerprint density at radius 2 is 1.82 bits per heavy atom. The van der Waals surface area contributed by atoms with E-state index in [1.165, 1.54) is 0 Å². The Hall–Kier alpha value is -4.19. The molecule has 11 nitrogen and oxygen atoms in total. The number of unbranched alkanes of at least 4 members (excludes halogenated alkanes) is 2. The van der Waals surface area contributed by atoms with Crippen LogP contribution in [0, 0.1) is 19.3 Å². The average molecular weight is 674 g/mol. The first-order valence-corrected chi connectivity index (χ1v) is 16.2. The van der Waals surface area contributed by atoms with Gasteiger partial charge in [-0.2, -0.15) is 5.10 Å². The van der Waals surface area contributed by atoms with Crippen LogP contribution in [0.5, 0.6) is 0 Å². The van der Waals surface area contributed by atoms with Crippen LogP contribution in [0.2, 0.25) is 0 Å². The molecule has 234 valence electrons. The van der Waals surface area contributed by atoms with Gasteiger partial charge in [-0.3, -0.25) is 19.1 Å². The molecule has 2 fully saturated rings. The van der Waals surface area contributed by atoms with E-state index < -0.39 is 6.04 Å². The molecule has 2 N–H and O–H groups in total. The molecule has 6 rings (SSSR count). The number of anilines is 1. The number of nitrogens with zero attached hydrogens (tertiary/aromatic N) is 6. The van der Waals surface area contributed by atoms with Crippen LogP contribution >= 0.6 is 15.9 Å². The highest BCUT2D eigenvalue weighted by molar-refractivity contribution is 9.10. The van der Waals surface area contributed by atoms with Crippen molar-refractivity contribution < 1.29 is 14.4 Å². The van der Waals surface area contributed by atoms with Gasteiger partial charge in [0, 0.05) is 35.9 Å². The van der Waals surface area contributed by atoms with Gasteiger partial charge >= 0.3 is 0 Å². The maximum Gasteiger partial charge on any atom is 0.272 e. The number of hydrogen-bond acceptors (Lipinski definition) is 7. The lowest BCUT2D eigenvalue weighted by molar-refractivity contribution is -0.138. The number of carbonyl (C=O) groups excluding carboxylic acids is 3. The highest BCUT2D eigenvalue weighted by Crippen LogP contribution is 2.59. The van der Waals surface area contributed by atoms with Crippen LogP contribution in [0.25, 0.3) is 22.0 Å². The van der Waals surface area contributed by atoms with Gasteiger partial charge in [-0.05, 0) is 83.8 Å². The second kappa shape index (κ2) is 12.3. The first-order valence-electron chi connectivity index (χ1n) is 15.4. The molecule has 3 aromatic heterocycles. The van der Waals surface area contributed by atoms with Crippen LogP contribution in [-0.4, -0.2) is 66.0 Å². The van der Waals surface area contributed by atoms with E-state index in [0.717, 1.165) is 42.4 Å². The van der Waals surface area contributed by atoms with Gasteiger partial charge in [0.05, 0.1) is 5.52 Å².